The summed E-state index contributed by atoms with van der Waals surface area (Å²) in [6.45, 7) is 3.77. The van der Waals surface area contributed by atoms with Gasteiger partial charge >= 0.3 is 6.01 Å². The lowest BCUT2D eigenvalue weighted by atomic mass is 10.2. The minimum atomic E-state index is -0.266. The Morgan fingerprint density at radius 2 is 2.08 bits per heavy atom. The number of aromatic nitrogens is 4. The van der Waals surface area contributed by atoms with Gasteiger partial charge in [-0.05, 0) is 37.3 Å². The number of nitrogens with one attached hydrogen (secondary N) is 2. The molecule has 0 amide bonds. The van der Waals surface area contributed by atoms with E-state index in [-0.39, 0.29) is 5.82 Å². The number of halogens is 1. The van der Waals surface area contributed by atoms with Crippen LogP contribution in [0.1, 0.15) is 18.2 Å². The molecule has 7 nitrogen and oxygen atoms in total. The lowest BCUT2D eigenvalue weighted by Gasteiger charge is -2.17. The van der Waals surface area contributed by atoms with E-state index in [9.17, 15) is 4.39 Å². The summed E-state index contributed by atoms with van der Waals surface area (Å²) in [6.07, 6.45) is 1.69. The van der Waals surface area contributed by atoms with E-state index in [1.807, 2.05) is 13.0 Å². The fourth-order valence-corrected chi connectivity index (χ4v) is 2.78. The highest BCUT2D eigenvalue weighted by molar-refractivity contribution is 5.63. The number of hydrogen-bond donors (Lipinski definition) is 2. The first-order chi connectivity index (χ1) is 12.2. The van der Waals surface area contributed by atoms with Crippen LogP contribution in [0.4, 0.5) is 21.7 Å². The van der Waals surface area contributed by atoms with Crippen molar-refractivity contribution >= 4 is 17.3 Å². The maximum Gasteiger partial charge on any atom is 0.318 e. The highest BCUT2D eigenvalue weighted by Gasteiger charge is 2.26. The van der Waals surface area contributed by atoms with Gasteiger partial charge in [-0.15, -0.1) is 0 Å². The molecule has 1 aromatic carbocycles. The van der Waals surface area contributed by atoms with Gasteiger partial charge in [-0.25, -0.2) is 9.37 Å². The summed E-state index contributed by atoms with van der Waals surface area (Å²) < 4.78 is 18.4. The SMILES string of the molecule is CCOc1nccc(N2Cc3[nH]nc(Nc4ccc(F)cc4)c3C2)n1. The van der Waals surface area contributed by atoms with Crippen molar-refractivity contribution in [2.24, 2.45) is 0 Å². The monoisotopic (exact) mass is 340 g/mol. The van der Waals surface area contributed by atoms with Gasteiger partial charge < -0.3 is 15.0 Å². The number of benzene rings is 1. The summed E-state index contributed by atoms with van der Waals surface area (Å²) in [5.74, 6) is 1.27. The molecule has 0 atom stereocenters. The van der Waals surface area contributed by atoms with Crippen molar-refractivity contribution in [2.45, 2.75) is 20.0 Å². The van der Waals surface area contributed by atoms with E-state index in [1.54, 1.807) is 18.3 Å². The predicted molar refractivity (Wildman–Crippen MR) is 91.4 cm³/mol. The van der Waals surface area contributed by atoms with Crippen molar-refractivity contribution in [1.82, 2.24) is 20.2 Å². The Hall–Kier alpha value is -3.16. The van der Waals surface area contributed by atoms with Crippen LogP contribution >= 0.6 is 0 Å². The van der Waals surface area contributed by atoms with Gasteiger partial charge in [0.25, 0.3) is 0 Å². The molecule has 0 unspecified atom stereocenters. The normalized spacial score (nSPS) is 13.0. The molecule has 0 saturated carbocycles. The maximum absolute atomic E-state index is 13.0. The van der Waals surface area contributed by atoms with Crippen LogP contribution in [0.2, 0.25) is 0 Å². The second-order valence-corrected chi connectivity index (χ2v) is 5.65. The molecule has 25 heavy (non-hydrogen) atoms. The Balaban J connectivity index is 1.52. The highest BCUT2D eigenvalue weighted by atomic mass is 19.1. The van der Waals surface area contributed by atoms with Crippen molar-refractivity contribution in [3.8, 4) is 6.01 Å². The Kier molecular flexibility index (Phi) is 3.93. The molecule has 2 aromatic heterocycles. The molecule has 0 bridgehead atoms. The number of nitrogens with zero attached hydrogens (tertiary/aromatic N) is 4. The molecule has 0 saturated heterocycles. The van der Waals surface area contributed by atoms with Crippen LogP contribution in [0.5, 0.6) is 6.01 Å². The summed E-state index contributed by atoms with van der Waals surface area (Å²) in [5, 5.41) is 10.6. The van der Waals surface area contributed by atoms with Crippen LogP contribution in [0.3, 0.4) is 0 Å². The summed E-state index contributed by atoms with van der Waals surface area (Å²) in [5.41, 5.74) is 2.89. The van der Waals surface area contributed by atoms with Crippen LogP contribution in [-0.4, -0.2) is 26.8 Å². The van der Waals surface area contributed by atoms with Gasteiger partial charge in [0, 0.05) is 17.4 Å². The first-order valence-corrected chi connectivity index (χ1v) is 8.02. The van der Waals surface area contributed by atoms with E-state index >= 15 is 0 Å². The summed E-state index contributed by atoms with van der Waals surface area (Å²) >= 11 is 0. The lowest BCUT2D eigenvalue weighted by Crippen LogP contribution is -2.17. The Morgan fingerprint density at radius 3 is 2.88 bits per heavy atom. The molecule has 1 aliphatic heterocycles. The Labute approximate surface area is 143 Å². The van der Waals surface area contributed by atoms with Crippen molar-refractivity contribution in [3.05, 3.63) is 53.6 Å². The minimum absolute atomic E-state index is 0.266. The highest BCUT2D eigenvalue weighted by Crippen LogP contribution is 2.31. The van der Waals surface area contributed by atoms with E-state index in [4.69, 9.17) is 4.74 Å². The quantitative estimate of drug-likeness (QED) is 0.743. The molecule has 4 rings (SSSR count). The van der Waals surface area contributed by atoms with Crippen LogP contribution in [0.15, 0.2) is 36.5 Å². The molecular formula is C17H17FN6O. The second kappa shape index (κ2) is 6.39. The fraction of sp³-hybridized carbons (Fsp3) is 0.235. The molecule has 1 aliphatic rings. The average molecular weight is 340 g/mol. The largest absolute Gasteiger partial charge is 0.464 e. The van der Waals surface area contributed by atoms with Crippen LogP contribution in [0.25, 0.3) is 0 Å². The van der Waals surface area contributed by atoms with Gasteiger partial charge in [0.05, 0.1) is 25.4 Å². The average Bonchev–Trinajstić information content (AvgIpc) is 3.19. The maximum atomic E-state index is 13.0. The molecular weight excluding hydrogens is 323 g/mol. The lowest BCUT2D eigenvalue weighted by molar-refractivity contribution is 0.312. The first-order valence-electron chi connectivity index (χ1n) is 8.02. The number of hydrogen-bond acceptors (Lipinski definition) is 6. The van der Waals surface area contributed by atoms with E-state index < -0.39 is 0 Å². The van der Waals surface area contributed by atoms with Gasteiger partial charge in [0.1, 0.15) is 11.6 Å². The van der Waals surface area contributed by atoms with Crippen molar-refractivity contribution in [2.75, 3.05) is 16.8 Å². The van der Waals surface area contributed by atoms with Crippen LogP contribution < -0.4 is 15.0 Å². The number of fused-ring (bicyclic) bond motifs is 1. The molecule has 3 heterocycles. The Morgan fingerprint density at radius 1 is 1.24 bits per heavy atom. The molecule has 2 N–H and O–H groups in total. The van der Waals surface area contributed by atoms with Crippen LogP contribution in [-0.2, 0) is 13.1 Å². The van der Waals surface area contributed by atoms with Crippen LogP contribution in [0, 0.1) is 5.82 Å². The summed E-state index contributed by atoms with van der Waals surface area (Å²) in [4.78, 5) is 10.6. The van der Waals surface area contributed by atoms with E-state index in [2.05, 4.69) is 30.4 Å². The fourth-order valence-electron chi connectivity index (χ4n) is 2.78. The van der Waals surface area contributed by atoms with E-state index in [1.165, 1.54) is 12.1 Å². The molecule has 0 aliphatic carbocycles. The van der Waals surface area contributed by atoms with Crippen molar-refractivity contribution in [3.63, 3.8) is 0 Å². The molecule has 0 radical (unpaired) electrons. The van der Waals surface area contributed by atoms with E-state index in [0.29, 0.717) is 25.7 Å². The third-order valence-corrected chi connectivity index (χ3v) is 3.97. The van der Waals surface area contributed by atoms with Gasteiger partial charge in [-0.2, -0.15) is 10.1 Å². The Bertz CT molecular complexity index is 879. The molecule has 0 fully saturated rings. The third kappa shape index (κ3) is 3.10. The second-order valence-electron chi connectivity index (χ2n) is 5.65. The number of ether oxygens (including phenoxy) is 1. The van der Waals surface area contributed by atoms with E-state index in [0.717, 1.165) is 28.6 Å². The zero-order valence-corrected chi connectivity index (χ0v) is 13.7. The predicted octanol–water partition coefficient (Wildman–Crippen LogP) is 3.00. The number of rotatable bonds is 5. The zero-order valence-electron chi connectivity index (χ0n) is 13.7. The van der Waals surface area contributed by atoms with Crippen molar-refractivity contribution in [1.29, 1.82) is 0 Å². The molecule has 0 spiro atoms. The third-order valence-electron chi connectivity index (χ3n) is 3.97. The van der Waals surface area contributed by atoms with Crippen molar-refractivity contribution < 1.29 is 9.13 Å². The number of aromatic amines is 1. The minimum Gasteiger partial charge on any atom is -0.464 e. The zero-order chi connectivity index (χ0) is 17.2. The molecule has 128 valence electrons. The smallest absolute Gasteiger partial charge is 0.318 e. The first kappa shape index (κ1) is 15.4. The van der Waals surface area contributed by atoms with Gasteiger partial charge in [-0.3, -0.25) is 5.10 Å². The van der Waals surface area contributed by atoms with Gasteiger partial charge in [0.2, 0.25) is 0 Å². The summed E-state index contributed by atoms with van der Waals surface area (Å²) in [6, 6.07) is 8.42. The topological polar surface area (TPSA) is 79.0 Å². The number of anilines is 3. The number of H-pyrrole nitrogens is 1. The standard InChI is InChI=1S/C17H17FN6O/c1-2-25-17-19-8-7-15(21-17)24-9-13-14(10-24)22-23-16(13)20-12-5-3-11(18)4-6-12/h3-8H,2,9-10H2,1H3,(H2,20,22,23). The molecule has 8 heteroatoms. The summed E-state index contributed by atoms with van der Waals surface area (Å²) in [7, 11) is 0. The van der Waals surface area contributed by atoms with Gasteiger partial charge in [0.15, 0.2) is 5.82 Å². The molecule has 3 aromatic rings. The van der Waals surface area contributed by atoms with Gasteiger partial charge in [-0.1, -0.05) is 0 Å².